The predicted octanol–water partition coefficient (Wildman–Crippen LogP) is 3.84. The van der Waals surface area contributed by atoms with Gasteiger partial charge in [-0.25, -0.2) is 0 Å². The minimum absolute atomic E-state index is 0.00733. The standard InChI is InChI=1S/C15H30O8P2/c1-5-20-24(17,21-6-2)15(25(18,22-7-3)23-8-4)11-13-12-19-10-9-14(13)16/h13,15H,5-12H2,1-4H3/t13-/m1/s1. The van der Waals surface area contributed by atoms with Crippen molar-refractivity contribution < 1.29 is 36.8 Å². The van der Waals surface area contributed by atoms with Crippen LogP contribution in [0.1, 0.15) is 40.5 Å². The fraction of sp³-hybridized carbons (Fsp3) is 0.933. The minimum atomic E-state index is -3.82. The Kier molecular flexibility index (Phi) is 10.0. The van der Waals surface area contributed by atoms with Crippen LogP contribution in [0.15, 0.2) is 0 Å². The molecule has 1 rings (SSSR count). The van der Waals surface area contributed by atoms with Crippen molar-refractivity contribution in [2.24, 2.45) is 5.92 Å². The van der Waals surface area contributed by atoms with E-state index in [4.69, 9.17) is 22.8 Å². The third kappa shape index (κ3) is 6.24. The first-order valence-corrected chi connectivity index (χ1v) is 12.0. The summed E-state index contributed by atoms with van der Waals surface area (Å²) in [5, 5.41) is -1.17. The van der Waals surface area contributed by atoms with Gasteiger partial charge in [0.05, 0.1) is 39.6 Å². The van der Waals surface area contributed by atoms with E-state index in [-0.39, 0.29) is 51.7 Å². The molecule has 1 atom stereocenters. The zero-order valence-corrected chi connectivity index (χ0v) is 17.3. The van der Waals surface area contributed by atoms with Crippen molar-refractivity contribution in [2.75, 3.05) is 39.6 Å². The topological polar surface area (TPSA) is 97.4 Å². The van der Waals surface area contributed by atoms with Gasteiger partial charge in [0, 0.05) is 12.3 Å². The Morgan fingerprint density at radius 2 is 1.40 bits per heavy atom. The molecule has 0 N–H and O–H groups in total. The van der Waals surface area contributed by atoms with E-state index < -0.39 is 26.5 Å². The Labute approximate surface area is 149 Å². The Bertz CT molecular complexity index is 460. The van der Waals surface area contributed by atoms with E-state index in [0.29, 0.717) is 6.61 Å². The molecule has 1 fully saturated rings. The molecule has 1 aliphatic rings. The average molecular weight is 400 g/mol. The first-order chi connectivity index (χ1) is 11.9. The van der Waals surface area contributed by atoms with Gasteiger partial charge in [0.25, 0.3) is 0 Å². The first-order valence-electron chi connectivity index (χ1n) is 8.74. The lowest BCUT2D eigenvalue weighted by Gasteiger charge is -2.33. The maximum absolute atomic E-state index is 13.4. The third-order valence-corrected chi connectivity index (χ3v) is 9.78. The third-order valence-electron chi connectivity index (χ3n) is 3.73. The molecule has 0 bridgehead atoms. The van der Waals surface area contributed by atoms with Gasteiger partial charge in [-0.1, -0.05) is 0 Å². The van der Waals surface area contributed by atoms with Crippen molar-refractivity contribution >= 4 is 21.0 Å². The maximum Gasteiger partial charge on any atom is 0.345 e. The van der Waals surface area contributed by atoms with Gasteiger partial charge < -0.3 is 22.8 Å². The SMILES string of the molecule is CCOP(=O)(OCC)C(C[C@@H]1COCCC1=O)P(=O)(OCC)OCC. The molecule has 10 heteroatoms. The number of hydrogen-bond donors (Lipinski definition) is 0. The van der Waals surface area contributed by atoms with Crippen molar-refractivity contribution in [1.82, 2.24) is 0 Å². The van der Waals surface area contributed by atoms with E-state index in [1.54, 1.807) is 27.7 Å². The lowest BCUT2D eigenvalue weighted by atomic mass is 9.98. The van der Waals surface area contributed by atoms with E-state index in [2.05, 4.69) is 0 Å². The Balaban J connectivity index is 3.24. The summed E-state index contributed by atoms with van der Waals surface area (Å²) >= 11 is 0. The molecular weight excluding hydrogens is 370 g/mol. The fourth-order valence-electron chi connectivity index (χ4n) is 2.72. The van der Waals surface area contributed by atoms with Crippen LogP contribution in [0.3, 0.4) is 0 Å². The highest BCUT2D eigenvalue weighted by Gasteiger charge is 2.52. The van der Waals surface area contributed by atoms with Gasteiger partial charge in [-0.05, 0) is 34.1 Å². The van der Waals surface area contributed by atoms with Gasteiger partial charge in [0.1, 0.15) is 5.78 Å². The number of rotatable bonds is 12. The summed E-state index contributed by atoms with van der Waals surface area (Å²) in [7, 11) is -7.65. The van der Waals surface area contributed by atoms with Gasteiger partial charge in [0.2, 0.25) is 0 Å². The molecule has 1 saturated heterocycles. The minimum Gasteiger partial charge on any atom is -0.380 e. The zero-order chi connectivity index (χ0) is 18.9. The molecule has 25 heavy (non-hydrogen) atoms. The molecular formula is C15H30O8P2. The quantitative estimate of drug-likeness (QED) is 0.456. The molecule has 0 saturated carbocycles. The summed E-state index contributed by atoms with van der Waals surface area (Å²) in [4.78, 5) is 12.2. The number of ether oxygens (including phenoxy) is 1. The van der Waals surface area contributed by atoms with Crippen LogP contribution in [-0.2, 0) is 36.8 Å². The van der Waals surface area contributed by atoms with Crippen LogP contribution in [0.25, 0.3) is 0 Å². The number of ketones is 1. The van der Waals surface area contributed by atoms with Crippen LogP contribution in [0.2, 0.25) is 0 Å². The number of carbonyl (C=O) groups excluding carboxylic acids is 1. The highest BCUT2D eigenvalue weighted by molar-refractivity contribution is 7.72. The second-order valence-electron chi connectivity index (χ2n) is 5.46. The van der Waals surface area contributed by atoms with Crippen LogP contribution < -0.4 is 0 Å². The molecule has 0 radical (unpaired) electrons. The fourth-order valence-corrected chi connectivity index (χ4v) is 8.21. The molecule has 1 heterocycles. The molecule has 0 spiro atoms. The number of hydrogen-bond acceptors (Lipinski definition) is 8. The smallest absolute Gasteiger partial charge is 0.345 e. The van der Waals surface area contributed by atoms with Gasteiger partial charge in [-0.15, -0.1) is 0 Å². The summed E-state index contributed by atoms with van der Waals surface area (Å²) < 4.78 is 53.7. The van der Waals surface area contributed by atoms with E-state index >= 15 is 0 Å². The van der Waals surface area contributed by atoms with E-state index in [9.17, 15) is 13.9 Å². The van der Waals surface area contributed by atoms with Crippen LogP contribution >= 0.6 is 15.2 Å². The maximum atomic E-state index is 13.4. The average Bonchev–Trinajstić information content (AvgIpc) is 2.54. The molecule has 0 amide bonds. The zero-order valence-electron chi connectivity index (χ0n) is 15.5. The van der Waals surface area contributed by atoms with Crippen LogP contribution in [-0.4, -0.2) is 50.8 Å². The molecule has 1 aliphatic heterocycles. The summed E-state index contributed by atoms with van der Waals surface area (Å²) in [5.74, 6) is -0.558. The first kappa shape index (κ1) is 23.0. The van der Waals surface area contributed by atoms with Crippen LogP contribution in [0, 0.1) is 5.92 Å². The summed E-state index contributed by atoms with van der Waals surface area (Å²) in [6.45, 7) is 7.68. The van der Waals surface area contributed by atoms with E-state index in [0.717, 1.165) is 0 Å². The lowest BCUT2D eigenvalue weighted by Crippen LogP contribution is -2.32. The highest BCUT2D eigenvalue weighted by atomic mass is 31.2. The van der Waals surface area contributed by atoms with E-state index in [1.165, 1.54) is 0 Å². The monoisotopic (exact) mass is 400 g/mol. The van der Waals surface area contributed by atoms with Gasteiger partial charge >= 0.3 is 15.2 Å². The molecule has 0 aromatic carbocycles. The Morgan fingerprint density at radius 1 is 0.960 bits per heavy atom. The normalized spacial score (nSPS) is 19.6. The van der Waals surface area contributed by atoms with Gasteiger partial charge in [-0.3, -0.25) is 13.9 Å². The van der Waals surface area contributed by atoms with Crippen molar-refractivity contribution in [3.63, 3.8) is 0 Å². The molecule has 0 unspecified atom stereocenters. The number of carbonyl (C=O) groups is 1. The molecule has 0 aliphatic carbocycles. The Hall–Kier alpha value is -0.0700. The van der Waals surface area contributed by atoms with Crippen LogP contribution in [0.5, 0.6) is 0 Å². The second kappa shape index (κ2) is 10.9. The summed E-state index contributed by atoms with van der Waals surface area (Å²) in [6, 6.07) is 0. The van der Waals surface area contributed by atoms with Crippen molar-refractivity contribution in [1.29, 1.82) is 0 Å². The summed E-state index contributed by atoms with van der Waals surface area (Å²) in [5.41, 5.74) is 0. The van der Waals surface area contributed by atoms with Gasteiger partial charge in [-0.2, -0.15) is 0 Å². The predicted molar refractivity (Wildman–Crippen MR) is 94.1 cm³/mol. The summed E-state index contributed by atoms with van der Waals surface area (Å²) in [6.07, 6.45) is 0.284. The van der Waals surface area contributed by atoms with Crippen LogP contribution in [0.4, 0.5) is 0 Å². The molecule has 148 valence electrons. The molecule has 0 aromatic rings. The van der Waals surface area contributed by atoms with Crippen molar-refractivity contribution in [2.45, 2.75) is 45.9 Å². The van der Waals surface area contributed by atoms with Gasteiger partial charge in [0.15, 0.2) is 5.40 Å². The van der Waals surface area contributed by atoms with Crippen molar-refractivity contribution in [3.8, 4) is 0 Å². The lowest BCUT2D eigenvalue weighted by molar-refractivity contribution is -0.130. The van der Waals surface area contributed by atoms with Crippen molar-refractivity contribution in [3.05, 3.63) is 0 Å². The largest absolute Gasteiger partial charge is 0.380 e. The van der Waals surface area contributed by atoms with E-state index in [1.807, 2.05) is 0 Å². The number of Topliss-reactive ketones (excluding diaryl/α,β-unsaturated/α-hetero) is 1. The molecule has 8 nitrogen and oxygen atoms in total. The second-order valence-corrected chi connectivity index (χ2v) is 10.3. The highest BCUT2D eigenvalue weighted by Crippen LogP contribution is 2.72. The Morgan fingerprint density at radius 3 is 1.76 bits per heavy atom. The molecule has 0 aromatic heterocycles.